The summed E-state index contributed by atoms with van der Waals surface area (Å²) in [7, 11) is 0. The lowest BCUT2D eigenvalue weighted by Crippen LogP contribution is -2.37. The van der Waals surface area contributed by atoms with Gasteiger partial charge < -0.3 is 9.88 Å². The maximum Gasteiger partial charge on any atom is 0.253 e. The lowest BCUT2D eigenvalue weighted by molar-refractivity contribution is 0.0713. The van der Waals surface area contributed by atoms with Crippen LogP contribution >= 0.6 is 0 Å². The molecule has 0 bridgehead atoms. The number of hydrogen-bond acceptors (Lipinski definition) is 1. The fraction of sp³-hybridized carbons (Fsp3) is 0.250. The predicted octanol–water partition coefficient (Wildman–Crippen LogP) is 4.19. The molecule has 4 rings (SSSR count). The Morgan fingerprint density at radius 3 is 2.43 bits per heavy atom. The van der Waals surface area contributed by atoms with Gasteiger partial charge in [-0.25, -0.2) is 0 Å². The van der Waals surface area contributed by atoms with Crippen molar-refractivity contribution >= 4 is 16.8 Å². The van der Waals surface area contributed by atoms with Crippen molar-refractivity contribution in [3.05, 3.63) is 71.9 Å². The molecular formula is C20H20N2O. The van der Waals surface area contributed by atoms with Crippen LogP contribution in [0.5, 0.6) is 0 Å². The quantitative estimate of drug-likeness (QED) is 0.757. The number of carbonyl (C=O) groups is 1. The van der Waals surface area contributed by atoms with Gasteiger partial charge in [-0.05, 0) is 42.5 Å². The molecule has 0 spiro atoms. The Kier molecular flexibility index (Phi) is 3.62. The maximum absolute atomic E-state index is 12.5. The fourth-order valence-electron chi connectivity index (χ4n) is 3.59. The van der Waals surface area contributed by atoms with Gasteiger partial charge in [-0.15, -0.1) is 0 Å². The minimum atomic E-state index is 0.156. The highest BCUT2D eigenvalue weighted by molar-refractivity contribution is 5.94. The van der Waals surface area contributed by atoms with Crippen LogP contribution < -0.4 is 0 Å². The van der Waals surface area contributed by atoms with Crippen molar-refractivity contribution in [1.29, 1.82) is 0 Å². The predicted molar refractivity (Wildman–Crippen MR) is 92.6 cm³/mol. The van der Waals surface area contributed by atoms with Crippen LogP contribution in [0, 0.1) is 0 Å². The molecular weight excluding hydrogens is 284 g/mol. The number of piperidine rings is 1. The van der Waals surface area contributed by atoms with Gasteiger partial charge in [0.05, 0.1) is 0 Å². The summed E-state index contributed by atoms with van der Waals surface area (Å²) in [6.45, 7) is 1.66. The Morgan fingerprint density at radius 1 is 0.957 bits per heavy atom. The monoisotopic (exact) mass is 304 g/mol. The molecule has 3 heteroatoms. The fourth-order valence-corrected chi connectivity index (χ4v) is 3.59. The molecule has 1 aliphatic rings. The van der Waals surface area contributed by atoms with E-state index in [1.165, 1.54) is 16.5 Å². The minimum Gasteiger partial charge on any atom is -0.361 e. The maximum atomic E-state index is 12.5. The molecule has 1 saturated heterocycles. The summed E-state index contributed by atoms with van der Waals surface area (Å²) in [6.07, 6.45) is 4.20. The SMILES string of the molecule is O=C(c1ccccc1)N1CCC(c2c[nH]c3ccccc23)CC1. The average molecular weight is 304 g/mol. The zero-order chi connectivity index (χ0) is 15.6. The molecule has 116 valence electrons. The number of hydrogen-bond donors (Lipinski definition) is 1. The number of nitrogens with one attached hydrogen (secondary N) is 1. The van der Waals surface area contributed by atoms with E-state index >= 15 is 0 Å². The van der Waals surface area contributed by atoms with Crippen LogP contribution in [0.1, 0.15) is 34.7 Å². The number of benzene rings is 2. The lowest BCUT2D eigenvalue weighted by Gasteiger charge is -2.32. The standard InChI is InChI=1S/C20H20N2O/c23-20(16-6-2-1-3-7-16)22-12-10-15(11-13-22)18-14-21-19-9-5-4-8-17(18)19/h1-9,14-15,21H,10-13H2. The topological polar surface area (TPSA) is 36.1 Å². The van der Waals surface area contributed by atoms with E-state index < -0.39 is 0 Å². The summed E-state index contributed by atoms with van der Waals surface area (Å²) in [6, 6.07) is 18.0. The molecule has 1 fully saturated rings. The molecule has 0 radical (unpaired) electrons. The molecule has 1 amide bonds. The first-order valence-electron chi connectivity index (χ1n) is 8.23. The number of aromatic nitrogens is 1. The molecule has 2 heterocycles. The molecule has 3 nitrogen and oxygen atoms in total. The van der Waals surface area contributed by atoms with Gasteiger partial charge >= 0.3 is 0 Å². The molecule has 1 aliphatic heterocycles. The summed E-state index contributed by atoms with van der Waals surface area (Å²) in [5.74, 6) is 0.689. The molecule has 0 aliphatic carbocycles. The van der Waals surface area contributed by atoms with Crippen LogP contribution in [-0.4, -0.2) is 28.9 Å². The highest BCUT2D eigenvalue weighted by Crippen LogP contribution is 2.33. The van der Waals surface area contributed by atoms with Crippen molar-refractivity contribution in [2.45, 2.75) is 18.8 Å². The summed E-state index contributed by atoms with van der Waals surface area (Å²) in [5, 5.41) is 1.32. The van der Waals surface area contributed by atoms with Gasteiger partial charge in [0.1, 0.15) is 0 Å². The van der Waals surface area contributed by atoms with Crippen molar-refractivity contribution in [2.24, 2.45) is 0 Å². The van der Waals surface area contributed by atoms with E-state index in [0.29, 0.717) is 5.92 Å². The third kappa shape index (κ3) is 2.63. The number of carbonyl (C=O) groups excluding carboxylic acids is 1. The average Bonchev–Trinajstić information content (AvgIpc) is 3.06. The zero-order valence-corrected chi connectivity index (χ0v) is 13.0. The van der Waals surface area contributed by atoms with Gasteiger partial charge in [-0.1, -0.05) is 36.4 Å². The van der Waals surface area contributed by atoms with Crippen molar-refractivity contribution in [3.63, 3.8) is 0 Å². The number of aromatic amines is 1. The van der Waals surface area contributed by atoms with Gasteiger partial charge in [0, 0.05) is 35.8 Å². The highest BCUT2D eigenvalue weighted by atomic mass is 16.2. The van der Waals surface area contributed by atoms with Crippen LogP contribution in [0.2, 0.25) is 0 Å². The second-order valence-electron chi connectivity index (χ2n) is 6.22. The Labute approximate surface area is 135 Å². The minimum absolute atomic E-state index is 0.156. The van der Waals surface area contributed by atoms with Gasteiger partial charge in [-0.3, -0.25) is 4.79 Å². The number of para-hydroxylation sites is 1. The summed E-state index contributed by atoms with van der Waals surface area (Å²) in [4.78, 5) is 17.9. The Bertz CT molecular complexity index is 814. The second-order valence-corrected chi connectivity index (χ2v) is 6.22. The number of rotatable bonds is 2. The Morgan fingerprint density at radius 2 is 1.65 bits per heavy atom. The molecule has 1 aromatic heterocycles. The Hall–Kier alpha value is -2.55. The highest BCUT2D eigenvalue weighted by Gasteiger charge is 2.25. The third-order valence-electron chi connectivity index (χ3n) is 4.86. The largest absolute Gasteiger partial charge is 0.361 e. The number of H-pyrrole nitrogens is 1. The van der Waals surface area contributed by atoms with Gasteiger partial charge in [0.25, 0.3) is 5.91 Å². The van der Waals surface area contributed by atoms with Gasteiger partial charge in [0.2, 0.25) is 0 Å². The smallest absolute Gasteiger partial charge is 0.253 e. The van der Waals surface area contributed by atoms with Crippen molar-refractivity contribution in [1.82, 2.24) is 9.88 Å². The van der Waals surface area contributed by atoms with E-state index in [1.807, 2.05) is 35.2 Å². The van der Waals surface area contributed by atoms with E-state index in [1.54, 1.807) is 0 Å². The van der Waals surface area contributed by atoms with Crippen molar-refractivity contribution in [2.75, 3.05) is 13.1 Å². The van der Waals surface area contributed by atoms with Gasteiger partial charge in [0.15, 0.2) is 0 Å². The number of nitrogens with zero attached hydrogens (tertiary/aromatic N) is 1. The first-order chi connectivity index (χ1) is 11.3. The van der Waals surface area contributed by atoms with E-state index in [4.69, 9.17) is 0 Å². The number of likely N-dealkylation sites (tertiary alicyclic amines) is 1. The molecule has 0 saturated carbocycles. The zero-order valence-electron chi connectivity index (χ0n) is 13.0. The molecule has 23 heavy (non-hydrogen) atoms. The molecule has 0 atom stereocenters. The van der Waals surface area contributed by atoms with Gasteiger partial charge in [-0.2, -0.15) is 0 Å². The van der Waals surface area contributed by atoms with E-state index in [0.717, 1.165) is 31.5 Å². The molecule has 2 aromatic carbocycles. The molecule has 1 N–H and O–H groups in total. The lowest BCUT2D eigenvalue weighted by atomic mass is 9.89. The van der Waals surface area contributed by atoms with Crippen molar-refractivity contribution < 1.29 is 4.79 Å². The van der Waals surface area contributed by atoms with Crippen LogP contribution in [-0.2, 0) is 0 Å². The van der Waals surface area contributed by atoms with Crippen molar-refractivity contribution in [3.8, 4) is 0 Å². The summed E-state index contributed by atoms with van der Waals surface area (Å²) < 4.78 is 0. The third-order valence-corrected chi connectivity index (χ3v) is 4.86. The van der Waals surface area contributed by atoms with E-state index in [2.05, 4.69) is 35.4 Å². The first-order valence-corrected chi connectivity index (χ1v) is 8.23. The number of fused-ring (bicyclic) bond motifs is 1. The van der Waals surface area contributed by atoms with Crippen LogP contribution in [0.15, 0.2) is 60.8 Å². The van der Waals surface area contributed by atoms with Crippen LogP contribution in [0.3, 0.4) is 0 Å². The van der Waals surface area contributed by atoms with E-state index in [9.17, 15) is 4.79 Å². The summed E-state index contributed by atoms with van der Waals surface area (Å²) >= 11 is 0. The second kappa shape index (κ2) is 5.92. The van der Waals surface area contributed by atoms with E-state index in [-0.39, 0.29) is 5.91 Å². The molecule has 0 unspecified atom stereocenters. The van der Waals surface area contributed by atoms with Crippen LogP contribution in [0.25, 0.3) is 10.9 Å². The normalized spacial score (nSPS) is 15.9. The first kappa shape index (κ1) is 14.1. The number of amides is 1. The Balaban J connectivity index is 1.48. The molecule has 3 aromatic rings. The van der Waals surface area contributed by atoms with Crippen LogP contribution in [0.4, 0.5) is 0 Å². The summed E-state index contributed by atoms with van der Waals surface area (Å²) in [5.41, 5.74) is 3.38.